The standard InChI is InChI=1S/C31H36N2O6S.C4H4O4/c1-21(34)39-29-30(23-10-12-24(36-3)13-11-23)40-28-9-7-6-8-27(28)33(31(29)35)17-16-32(2)15-14-22-18-25(37-4)20-26(19-22)38-5;5-3(6)1-2-4(7)8/h6-13,18-20,29-30H,14-17H2,1-5H3;1-2H,(H,5,6)(H,7,8)/b;2-1+/t29-,30+;/m0./s1. The number of hydrogen-bond acceptors (Lipinski definition) is 10. The average molecular weight is 681 g/mol. The fraction of sp³-hybridized carbons (Fsp3) is 0.314. The Hall–Kier alpha value is -5.01. The van der Waals surface area contributed by atoms with Crippen LogP contribution in [0.15, 0.2) is 83.8 Å². The molecule has 3 aromatic rings. The van der Waals surface area contributed by atoms with Gasteiger partial charge in [-0.2, -0.15) is 0 Å². The van der Waals surface area contributed by atoms with E-state index in [9.17, 15) is 19.2 Å². The van der Waals surface area contributed by atoms with E-state index in [0.717, 1.165) is 51.9 Å². The molecular formula is C35H40N2O10S. The number of benzene rings is 3. The van der Waals surface area contributed by atoms with Gasteiger partial charge in [0.05, 0.1) is 32.3 Å². The number of carbonyl (C=O) groups excluding carboxylic acids is 2. The summed E-state index contributed by atoms with van der Waals surface area (Å²) >= 11 is 1.53. The second kappa shape index (κ2) is 18.4. The molecule has 0 aliphatic carbocycles. The Morgan fingerprint density at radius 2 is 1.44 bits per heavy atom. The van der Waals surface area contributed by atoms with Gasteiger partial charge < -0.3 is 39.0 Å². The molecule has 256 valence electrons. The van der Waals surface area contributed by atoms with Crippen molar-refractivity contribution in [3.05, 3.63) is 90.0 Å². The van der Waals surface area contributed by atoms with Gasteiger partial charge in [-0.05, 0) is 61.0 Å². The molecule has 48 heavy (non-hydrogen) atoms. The molecule has 1 amide bonds. The second-order valence-corrected chi connectivity index (χ2v) is 11.8. The van der Waals surface area contributed by atoms with Gasteiger partial charge in [-0.25, -0.2) is 9.59 Å². The van der Waals surface area contributed by atoms with Gasteiger partial charge in [-0.15, -0.1) is 11.8 Å². The molecule has 2 N–H and O–H groups in total. The molecule has 12 nitrogen and oxygen atoms in total. The van der Waals surface area contributed by atoms with E-state index in [4.69, 9.17) is 29.2 Å². The van der Waals surface area contributed by atoms with E-state index in [2.05, 4.69) is 4.90 Å². The number of fused-ring (bicyclic) bond motifs is 1. The lowest BCUT2D eigenvalue weighted by Crippen LogP contribution is -2.45. The van der Waals surface area contributed by atoms with E-state index in [1.54, 1.807) is 26.2 Å². The molecule has 3 aromatic carbocycles. The quantitative estimate of drug-likeness (QED) is 0.190. The van der Waals surface area contributed by atoms with Gasteiger partial charge in [0, 0.05) is 49.7 Å². The number of anilines is 1. The van der Waals surface area contributed by atoms with Crippen LogP contribution in [0.2, 0.25) is 0 Å². The van der Waals surface area contributed by atoms with Crippen molar-refractivity contribution in [1.82, 2.24) is 4.90 Å². The number of rotatable bonds is 13. The molecule has 0 saturated carbocycles. The number of aliphatic carboxylic acids is 2. The summed E-state index contributed by atoms with van der Waals surface area (Å²) in [5.41, 5.74) is 2.80. The van der Waals surface area contributed by atoms with Gasteiger partial charge in [0.1, 0.15) is 17.2 Å². The number of methoxy groups -OCH3 is 3. The molecule has 1 aliphatic rings. The third kappa shape index (κ3) is 11.1. The van der Waals surface area contributed by atoms with Crippen LogP contribution in [0.5, 0.6) is 17.2 Å². The molecule has 0 aromatic heterocycles. The Balaban J connectivity index is 0.000000694. The highest BCUT2D eigenvalue weighted by molar-refractivity contribution is 7.99. The van der Waals surface area contributed by atoms with E-state index in [1.807, 2.05) is 73.8 Å². The molecule has 1 aliphatic heterocycles. The van der Waals surface area contributed by atoms with Gasteiger partial charge in [0.2, 0.25) is 0 Å². The number of nitrogens with zero attached hydrogens (tertiary/aromatic N) is 2. The first-order chi connectivity index (χ1) is 22.9. The monoisotopic (exact) mass is 680 g/mol. The van der Waals surface area contributed by atoms with Gasteiger partial charge in [-0.1, -0.05) is 24.3 Å². The van der Waals surface area contributed by atoms with Crippen LogP contribution in [0, 0.1) is 0 Å². The Labute approximate surface area is 283 Å². The van der Waals surface area contributed by atoms with Crippen LogP contribution in [-0.2, 0) is 30.3 Å². The molecule has 1 heterocycles. The minimum absolute atomic E-state index is 0.237. The maximum absolute atomic E-state index is 14.0. The topological polar surface area (TPSA) is 152 Å². The third-order valence-corrected chi connectivity index (χ3v) is 8.57. The Bertz CT molecular complexity index is 1560. The molecule has 0 saturated heterocycles. The lowest BCUT2D eigenvalue weighted by molar-refractivity contribution is -0.152. The first kappa shape index (κ1) is 37.4. The lowest BCUT2D eigenvalue weighted by atomic mass is 10.1. The summed E-state index contributed by atoms with van der Waals surface area (Å²) in [6.07, 6.45) is 0.933. The number of amides is 1. The van der Waals surface area contributed by atoms with Crippen molar-refractivity contribution in [2.75, 3.05) is 52.9 Å². The minimum atomic E-state index is -1.26. The van der Waals surface area contributed by atoms with E-state index in [1.165, 1.54) is 18.7 Å². The zero-order chi connectivity index (χ0) is 35.2. The lowest BCUT2D eigenvalue weighted by Gasteiger charge is -2.29. The summed E-state index contributed by atoms with van der Waals surface area (Å²) in [5, 5.41) is 15.2. The summed E-state index contributed by atoms with van der Waals surface area (Å²) in [6.45, 7) is 3.19. The normalized spacial score (nSPS) is 15.5. The van der Waals surface area contributed by atoms with Crippen molar-refractivity contribution in [2.24, 2.45) is 0 Å². The largest absolute Gasteiger partial charge is 0.497 e. The van der Waals surface area contributed by atoms with Crippen LogP contribution in [0.25, 0.3) is 0 Å². The predicted octanol–water partition coefficient (Wildman–Crippen LogP) is 4.71. The van der Waals surface area contributed by atoms with E-state index in [0.29, 0.717) is 25.2 Å². The number of hydrogen-bond donors (Lipinski definition) is 2. The summed E-state index contributed by atoms with van der Waals surface area (Å²) in [5.74, 6) is -1.02. The van der Waals surface area contributed by atoms with Crippen molar-refractivity contribution in [3.63, 3.8) is 0 Å². The van der Waals surface area contributed by atoms with Crippen molar-refractivity contribution in [1.29, 1.82) is 0 Å². The molecule has 13 heteroatoms. The molecular weight excluding hydrogens is 640 g/mol. The first-order valence-corrected chi connectivity index (χ1v) is 15.8. The molecule has 0 radical (unpaired) electrons. The summed E-state index contributed by atoms with van der Waals surface area (Å²) in [7, 11) is 6.92. The van der Waals surface area contributed by atoms with Crippen LogP contribution >= 0.6 is 11.8 Å². The predicted molar refractivity (Wildman–Crippen MR) is 181 cm³/mol. The van der Waals surface area contributed by atoms with Gasteiger partial charge >= 0.3 is 17.9 Å². The van der Waals surface area contributed by atoms with Crippen LogP contribution in [0.3, 0.4) is 0 Å². The average Bonchev–Trinajstić information content (AvgIpc) is 3.19. The number of carboxylic acids is 2. The Kier molecular flexibility index (Phi) is 14.3. The SMILES string of the molecule is COc1ccc([C@H]2Sc3ccccc3N(CCN(C)CCc3cc(OC)cc(OC)c3)C(=O)[C@H]2OC(C)=O)cc1.O=C(O)/C=C/C(=O)O. The third-order valence-electron chi connectivity index (χ3n) is 7.20. The van der Waals surface area contributed by atoms with E-state index < -0.39 is 29.3 Å². The highest BCUT2D eigenvalue weighted by Crippen LogP contribution is 2.46. The number of ether oxygens (including phenoxy) is 4. The number of carbonyl (C=O) groups is 4. The molecule has 2 atom stereocenters. The van der Waals surface area contributed by atoms with Gasteiger partial charge in [-0.3, -0.25) is 9.59 Å². The highest BCUT2D eigenvalue weighted by atomic mass is 32.2. The second-order valence-electron chi connectivity index (χ2n) is 10.6. The van der Waals surface area contributed by atoms with Crippen LogP contribution < -0.4 is 19.1 Å². The van der Waals surface area contributed by atoms with Crippen molar-refractivity contribution < 1.29 is 48.3 Å². The number of carboxylic acid groups (broad SMARTS) is 2. The van der Waals surface area contributed by atoms with Crippen LogP contribution in [0.4, 0.5) is 5.69 Å². The van der Waals surface area contributed by atoms with Crippen molar-refractivity contribution in [2.45, 2.75) is 29.6 Å². The highest BCUT2D eigenvalue weighted by Gasteiger charge is 2.40. The number of likely N-dealkylation sites (N-methyl/N-ethyl adjacent to an activating group) is 1. The van der Waals surface area contributed by atoms with Crippen LogP contribution in [-0.4, -0.2) is 93.0 Å². The first-order valence-electron chi connectivity index (χ1n) is 14.9. The number of para-hydroxylation sites is 1. The number of esters is 1. The fourth-order valence-corrected chi connectivity index (χ4v) is 6.11. The van der Waals surface area contributed by atoms with Gasteiger partial charge in [0.25, 0.3) is 5.91 Å². The molecule has 0 bridgehead atoms. The Morgan fingerprint density at radius 1 is 0.854 bits per heavy atom. The smallest absolute Gasteiger partial charge is 0.328 e. The number of thioether (sulfide) groups is 1. The molecule has 0 fully saturated rings. The maximum atomic E-state index is 14.0. The van der Waals surface area contributed by atoms with E-state index >= 15 is 0 Å². The zero-order valence-corrected chi connectivity index (χ0v) is 28.3. The molecule has 4 rings (SSSR count). The van der Waals surface area contributed by atoms with E-state index in [-0.39, 0.29) is 5.91 Å². The summed E-state index contributed by atoms with van der Waals surface area (Å²) in [6, 6.07) is 21.2. The summed E-state index contributed by atoms with van der Waals surface area (Å²) in [4.78, 5) is 50.2. The van der Waals surface area contributed by atoms with Crippen molar-refractivity contribution >= 4 is 41.3 Å². The molecule has 0 unspecified atom stereocenters. The van der Waals surface area contributed by atoms with Gasteiger partial charge in [0.15, 0.2) is 6.10 Å². The van der Waals surface area contributed by atoms with Crippen LogP contribution in [0.1, 0.15) is 23.3 Å². The fourth-order valence-electron chi connectivity index (χ4n) is 4.79. The molecule has 0 spiro atoms. The minimum Gasteiger partial charge on any atom is -0.497 e. The van der Waals surface area contributed by atoms with Crippen molar-refractivity contribution in [3.8, 4) is 17.2 Å². The Morgan fingerprint density at radius 3 is 1.98 bits per heavy atom. The maximum Gasteiger partial charge on any atom is 0.328 e. The summed E-state index contributed by atoms with van der Waals surface area (Å²) < 4.78 is 21.8. The zero-order valence-electron chi connectivity index (χ0n) is 27.5.